The number of anilines is 1. The number of allylic oxidation sites excluding steroid dienone is 4. The number of hydrogen-bond donors (Lipinski definition) is 1. The average Bonchev–Trinajstić information content (AvgIpc) is 2.73. The smallest absolute Gasteiger partial charge is 0.316 e. The molecule has 1 aliphatic heterocycles. The third-order valence-electron chi connectivity index (χ3n) is 4.70. The summed E-state index contributed by atoms with van der Waals surface area (Å²) in [7, 11) is 1.38. The van der Waals surface area contributed by atoms with Gasteiger partial charge in [-0.3, -0.25) is 9.59 Å². The van der Waals surface area contributed by atoms with E-state index in [0.717, 1.165) is 5.57 Å². The Labute approximate surface area is 175 Å². The molecule has 2 aromatic rings. The van der Waals surface area contributed by atoms with Crippen LogP contribution >= 0.6 is 11.6 Å². The lowest BCUT2D eigenvalue weighted by molar-refractivity contribution is -0.119. The van der Waals surface area contributed by atoms with E-state index in [2.05, 4.69) is 15.3 Å². The number of carbonyl (C=O) groups excluding carboxylic acids is 1. The molecule has 152 valence electrons. The molecule has 1 atom stereocenters. The molecule has 4 rings (SSSR count). The molecule has 2 aliphatic rings. The highest BCUT2D eigenvalue weighted by atomic mass is 35.5. The molecule has 2 heterocycles. The summed E-state index contributed by atoms with van der Waals surface area (Å²) in [5.41, 5.74) is 1.49. The van der Waals surface area contributed by atoms with Crippen LogP contribution in [-0.4, -0.2) is 28.8 Å². The summed E-state index contributed by atoms with van der Waals surface area (Å²) in [6.45, 7) is 0.248. The number of halogens is 2. The zero-order valence-corrected chi connectivity index (χ0v) is 16.6. The predicted molar refractivity (Wildman–Crippen MR) is 111 cm³/mol. The topological polar surface area (TPSA) is 85.6 Å². The number of benzene rings is 1. The van der Waals surface area contributed by atoms with Gasteiger partial charge >= 0.3 is 5.56 Å². The Bertz CT molecular complexity index is 1210. The molecule has 1 amide bonds. The summed E-state index contributed by atoms with van der Waals surface area (Å²) in [5.74, 6) is -0.982. The zero-order valence-electron chi connectivity index (χ0n) is 15.8. The molecule has 1 aliphatic carbocycles. The van der Waals surface area contributed by atoms with Crippen LogP contribution in [0.4, 0.5) is 10.3 Å². The van der Waals surface area contributed by atoms with E-state index >= 15 is 0 Å². The van der Waals surface area contributed by atoms with Gasteiger partial charge in [0, 0.05) is 11.9 Å². The second-order valence-electron chi connectivity index (χ2n) is 6.62. The van der Waals surface area contributed by atoms with Crippen molar-refractivity contribution in [2.75, 3.05) is 12.4 Å². The Hall–Kier alpha value is -3.52. The highest BCUT2D eigenvalue weighted by Gasteiger charge is 2.27. The molecule has 0 radical (unpaired) electrons. The van der Waals surface area contributed by atoms with Gasteiger partial charge in [-0.2, -0.15) is 4.98 Å². The summed E-state index contributed by atoms with van der Waals surface area (Å²) in [6.07, 6.45) is 9.97. The van der Waals surface area contributed by atoms with Crippen LogP contribution in [-0.2, 0) is 11.3 Å². The summed E-state index contributed by atoms with van der Waals surface area (Å²) < 4.78 is 20.3. The van der Waals surface area contributed by atoms with Crippen LogP contribution in [0.2, 0.25) is 5.02 Å². The van der Waals surface area contributed by atoms with Gasteiger partial charge in [0.2, 0.25) is 11.7 Å². The third-order valence-corrected chi connectivity index (χ3v) is 4.99. The first-order valence-corrected chi connectivity index (χ1v) is 9.37. The number of nitrogens with zero attached hydrogens (tertiary/aromatic N) is 3. The Kier molecular flexibility index (Phi) is 5.33. The summed E-state index contributed by atoms with van der Waals surface area (Å²) >= 11 is 5.89. The lowest BCUT2D eigenvalue weighted by Crippen LogP contribution is -2.25. The van der Waals surface area contributed by atoms with Crippen molar-refractivity contribution in [3.63, 3.8) is 0 Å². The van der Waals surface area contributed by atoms with Crippen molar-refractivity contribution in [3.05, 3.63) is 86.7 Å². The quantitative estimate of drug-likeness (QED) is 0.794. The first kappa shape index (κ1) is 19.8. The SMILES string of the molecule is COc1cn(Cc2ccc(F)c(Cl)c2)c(NC2=CC=CC3C(=O)N=CC=C23)nc1=O. The molecule has 0 fully saturated rings. The molecule has 0 saturated carbocycles. The number of fused-ring (bicyclic) bond motifs is 1. The normalized spacial score (nSPS) is 17.3. The van der Waals surface area contributed by atoms with Gasteiger partial charge in [0.1, 0.15) is 5.82 Å². The largest absolute Gasteiger partial charge is 0.490 e. The minimum Gasteiger partial charge on any atom is -0.490 e. The van der Waals surface area contributed by atoms with Gasteiger partial charge in [0.25, 0.3) is 5.91 Å². The van der Waals surface area contributed by atoms with Gasteiger partial charge in [-0.1, -0.05) is 29.8 Å². The van der Waals surface area contributed by atoms with Gasteiger partial charge < -0.3 is 14.6 Å². The number of carbonyl (C=O) groups is 1. The fourth-order valence-electron chi connectivity index (χ4n) is 3.21. The van der Waals surface area contributed by atoms with Crippen molar-refractivity contribution in [2.24, 2.45) is 10.9 Å². The van der Waals surface area contributed by atoms with Crippen molar-refractivity contribution in [2.45, 2.75) is 6.54 Å². The Morgan fingerprint density at radius 2 is 2.13 bits per heavy atom. The van der Waals surface area contributed by atoms with Crippen LogP contribution < -0.4 is 15.6 Å². The number of ether oxygens (including phenoxy) is 1. The second-order valence-corrected chi connectivity index (χ2v) is 7.03. The molecule has 1 N–H and O–H groups in total. The van der Waals surface area contributed by atoms with E-state index in [-0.39, 0.29) is 29.2 Å². The van der Waals surface area contributed by atoms with Crippen LogP contribution in [0.25, 0.3) is 0 Å². The molecule has 1 aromatic carbocycles. The summed E-state index contributed by atoms with van der Waals surface area (Å²) in [4.78, 5) is 32.2. The van der Waals surface area contributed by atoms with Crippen LogP contribution in [0.5, 0.6) is 5.75 Å². The summed E-state index contributed by atoms with van der Waals surface area (Å²) in [6, 6.07) is 4.37. The molecular formula is C21H16ClFN4O3. The average molecular weight is 427 g/mol. The first-order chi connectivity index (χ1) is 14.5. The van der Waals surface area contributed by atoms with E-state index in [0.29, 0.717) is 11.3 Å². The highest BCUT2D eigenvalue weighted by Crippen LogP contribution is 2.29. The maximum Gasteiger partial charge on any atom is 0.316 e. The van der Waals surface area contributed by atoms with Crippen molar-refractivity contribution >= 4 is 29.7 Å². The van der Waals surface area contributed by atoms with Crippen LogP contribution in [0.3, 0.4) is 0 Å². The number of amides is 1. The van der Waals surface area contributed by atoms with Gasteiger partial charge in [-0.05, 0) is 35.4 Å². The lowest BCUT2D eigenvalue weighted by atomic mass is 9.89. The monoisotopic (exact) mass is 426 g/mol. The summed E-state index contributed by atoms with van der Waals surface area (Å²) in [5, 5.41) is 3.12. The van der Waals surface area contributed by atoms with Gasteiger partial charge in [-0.15, -0.1) is 0 Å². The second kappa shape index (κ2) is 8.08. The van der Waals surface area contributed by atoms with Crippen molar-refractivity contribution in [1.82, 2.24) is 9.55 Å². The number of hydrogen-bond acceptors (Lipinski definition) is 5. The van der Waals surface area contributed by atoms with E-state index in [4.69, 9.17) is 16.3 Å². The molecule has 7 nitrogen and oxygen atoms in total. The first-order valence-electron chi connectivity index (χ1n) is 8.99. The Morgan fingerprint density at radius 3 is 2.90 bits per heavy atom. The van der Waals surface area contributed by atoms with Gasteiger partial charge in [-0.25, -0.2) is 9.38 Å². The van der Waals surface area contributed by atoms with E-state index < -0.39 is 17.3 Å². The molecule has 1 aromatic heterocycles. The maximum absolute atomic E-state index is 13.5. The zero-order chi connectivity index (χ0) is 21.3. The molecule has 0 bridgehead atoms. The third kappa shape index (κ3) is 3.81. The van der Waals surface area contributed by atoms with E-state index in [1.54, 1.807) is 34.9 Å². The van der Waals surface area contributed by atoms with Crippen molar-refractivity contribution in [3.8, 4) is 5.75 Å². The molecule has 1 unspecified atom stereocenters. The number of methoxy groups -OCH3 is 1. The fourth-order valence-corrected chi connectivity index (χ4v) is 3.42. The highest BCUT2D eigenvalue weighted by molar-refractivity contribution is 6.30. The molecular weight excluding hydrogens is 411 g/mol. The minimum atomic E-state index is -0.549. The van der Waals surface area contributed by atoms with Gasteiger partial charge in [0.05, 0.1) is 30.8 Å². The predicted octanol–water partition coefficient (Wildman–Crippen LogP) is 3.11. The fraction of sp³-hybridized carbons (Fsp3) is 0.143. The number of aromatic nitrogens is 2. The van der Waals surface area contributed by atoms with E-state index in [9.17, 15) is 14.0 Å². The Morgan fingerprint density at radius 1 is 1.30 bits per heavy atom. The lowest BCUT2D eigenvalue weighted by Gasteiger charge is -2.24. The van der Waals surface area contributed by atoms with Gasteiger partial charge in [0.15, 0.2) is 0 Å². The van der Waals surface area contributed by atoms with Crippen LogP contribution in [0.1, 0.15) is 5.56 Å². The number of nitrogens with one attached hydrogen (secondary N) is 1. The van der Waals surface area contributed by atoms with E-state index in [1.807, 2.05) is 0 Å². The number of dihydropyridines is 1. The molecule has 9 heteroatoms. The van der Waals surface area contributed by atoms with Crippen molar-refractivity contribution in [1.29, 1.82) is 0 Å². The Balaban J connectivity index is 1.72. The van der Waals surface area contributed by atoms with Crippen molar-refractivity contribution < 1.29 is 13.9 Å². The van der Waals surface area contributed by atoms with Crippen LogP contribution in [0.15, 0.2) is 69.8 Å². The molecule has 0 saturated heterocycles. The van der Waals surface area contributed by atoms with E-state index in [1.165, 1.54) is 31.7 Å². The van der Waals surface area contributed by atoms with Crippen LogP contribution in [0, 0.1) is 11.7 Å². The molecule has 0 spiro atoms. The number of aliphatic imine (C=N–C) groups is 1. The molecule has 30 heavy (non-hydrogen) atoms. The maximum atomic E-state index is 13.5. The number of rotatable bonds is 5. The minimum absolute atomic E-state index is 0.00360. The standard InChI is InChI=1S/C21H16ClFN4O3/c1-30-18-11-27(10-12-5-6-16(23)15(22)9-12)21(26-20(18)29)25-17-4-2-3-14-13(17)7-8-24-19(14)28/h2-9,11,14H,10H2,1H3,(H,25,26,29).